The minimum atomic E-state index is -4.71. The predicted molar refractivity (Wildman–Crippen MR) is 256 cm³/mol. The summed E-state index contributed by atoms with van der Waals surface area (Å²) < 4.78 is 77.3. The first-order valence-corrected chi connectivity index (χ1v) is 25.1. The second-order valence-electron chi connectivity index (χ2n) is 16.4. The van der Waals surface area contributed by atoms with Crippen LogP contribution < -0.4 is 9.80 Å². The number of ketones is 1. The number of para-hydroxylation sites is 1. The van der Waals surface area contributed by atoms with Gasteiger partial charge >= 0.3 is 12.1 Å². The molecule has 13 nitrogen and oxygen atoms in total. The number of aromatic nitrogens is 1. The number of hydrogen-bond donors (Lipinski definition) is 0. The average molecular weight is 1040 g/mol. The van der Waals surface area contributed by atoms with Crippen molar-refractivity contribution in [2.75, 3.05) is 42.3 Å². The average Bonchev–Trinajstić information content (AvgIpc) is 3.98. The summed E-state index contributed by atoms with van der Waals surface area (Å²) in [5.41, 5.74) is 3.88. The van der Waals surface area contributed by atoms with Gasteiger partial charge in [-0.2, -0.15) is 13.2 Å². The number of ether oxygens (including phenoxy) is 2. The molecule has 69 heavy (non-hydrogen) atoms. The maximum Gasteiger partial charge on any atom is 0.416 e. The van der Waals surface area contributed by atoms with Crippen LogP contribution in [-0.2, 0) is 51.1 Å². The van der Waals surface area contributed by atoms with E-state index >= 15 is 0 Å². The van der Waals surface area contributed by atoms with E-state index in [0.29, 0.717) is 64.8 Å². The highest BCUT2D eigenvalue weighted by atomic mass is 35.5. The normalized spacial score (nSPS) is 15.4. The van der Waals surface area contributed by atoms with Crippen LogP contribution in [0, 0.1) is 6.92 Å². The Labute approximate surface area is 413 Å². The van der Waals surface area contributed by atoms with Gasteiger partial charge in [-0.1, -0.05) is 53.5 Å². The molecule has 0 bridgehead atoms. The van der Waals surface area contributed by atoms with Crippen LogP contribution in [0.4, 0.5) is 24.5 Å². The number of nitrogens with zero attached hydrogens (tertiary/aromatic N) is 3. The Hall–Kier alpha value is -5.33. The van der Waals surface area contributed by atoms with Crippen molar-refractivity contribution in [1.29, 1.82) is 0 Å². The van der Waals surface area contributed by atoms with Gasteiger partial charge in [-0.3, -0.25) is 19.2 Å². The zero-order chi connectivity index (χ0) is 51.0. The molecule has 1 saturated carbocycles. The zero-order valence-electron chi connectivity index (χ0n) is 38.7. The van der Waals surface area contributed by atoms with Gasteiger partial charge < -0.3 is 18.9 Å². The predicted octanol–water partition coefficient (Wildman–Crippen LogP) is 10.6. The second kappa shape index (κ2) is 23.5. The number of carbonyl (C=O) groups is 5. The Balaban J connectivity index is 0.000000196. The van der Waals surface area contributed by atoms with Crippen LogP contribution in [0.5, 0.6) is 0 Å². The number of esters is 1. The molecular formula is C49H51Cl3F3N3O10S. The molecule has 0 N–H and O–H groups in total. The van der Waals surface area contributed by atoms with Gasteiger partial charge in [0, 0.05) is 41.0 Å². The number of anilines is 2. The minimum Gasteiger partial charge on any atom is -0.462 e. The van der Waals surface area contributed by atoms with Gasteiger partial charge in [0.2, 0.25) is 5.91 Å². The first-order chi connectivity index (χ1) is 32.6. The number of imide groups is 1. The summed E-state index contributed by atoms with van der Waals surface area (Å²) in [5.74, 6) is -1.66. The maximum atomic E-state index is 12.8. The van der Waals surface area contributed by atoms with E-state index in [0.717, 1.165) is 61.2 Å². The van der Waals surface area contributed by atoms with E-state index in [4.69, 9.17) is 48.8 Å². The Morgan fingerprint density at radius 1 is 1.00 bits per heavy atom. The Bertz CT molecular complexity index is 2760. The fourth-order valence-electron chi connectivity index (χ4n) is 7.87. The van der Waals surface area contributed by atoms with Gasteiger partial charge in [0.15, 0.2) is 21.4 Å². The summed E-state index contributed by atoms with van der Waals surface area (Å²) in [6.07, 6.45) is 4.18. The van der Waals surface area contributed by atoms with Crippen LogP contribution in [0.1, 0.15) is 109 Å². The van der Waals surface area contributed by atoms with Crippen molar-refractivity contribution >= 4 is 91.6 Å². The summed E-state index contributed by atoms with van der Waals surface area (Å²) in [6.45, 7) is 8.44. The topological polar surface area (TPSA) is 170 Å². The molecule has 20 heteroatoms. The van der Waals surface area contributed by atoms with Crippen molar-refractivity contribution in [2.24, 2.45) is 0 Å². The highest BCUT2D eigenvalue weighted by Crippen LogP contribution is 2.43. The lowest BCUT2D eigenvalue weighted by molar-refractivity contribution is -0.138. The Kier molecular flexibility index (Phi) is 18.6. The van der Waals surface area contributed by atoms with Gasteiger partial charge in [-0.15, -0.1) is 11.6 Å². The first-order valence-electron chi connectivity index (χ1n) is 21.9. The van der Waals surface area contributed by atoms with Crippen LogP contribution in [-0.4, -0.2) is 81.5 Å². The molecule has 3 amide bonds. The number of amides is 3. The summed E-state index contributed by atoms with van der Waals surface area (Å²) in [7, 11) is -2.40. The Morgan fingerprint density at radius 2 is 1.65 bits per heavy atom. The van der Waals surface area contributed by atoms with Crippen LogP contribution in [0.3, 0.4) is 0 Å². The summed E-state index contributed by atoms with van der Waals surface area (Å²) in [4.78, 5) is 64.1. The molecular weight excluding hydrogens is 986 g/mol. The molecule has 0 radical (unpaired) electrons. The number of benzene rings is 3. The highest BCUT2D eigenvalue weighted by molar-refractivity contribution is 7.90. The standard InChI is InChI=1S/C19H17Cl2NO4.C15H22ClNO2.C15H12F3NO4S/c1-2-26-19(25)16(21)10-11-9-12(7-8-15(11)20)22-17(23)13-5-3-4-6-14(13)18(22)24;1-5-13-8-6-7-11(2)15(13)17(14(18)9-16)12(3)10-19-4;1-24(21,22)12-6-9(15(16,17)18)4-5-10(12)13(20)11-7-19-23-14(11)8-2-3-8/h7-10H,2-6H2,1H3;6-8,12H,5,9-10H2,1-4H3;4-8H,2-3H2,1H3/b16-10-;;. The lowest BCUT2D eigenvalue weighted by atomic mass is 9.93. The fourth-order valence-corrected chi connectivity index (χ4v) is 9.24. The summed E-state index contributed by atoms with van der Waals surface area (Å²) in [5, 5.41) is 3.76. The third-order valence-corrected chi connectivity index (χ3v) is 13.3. The number of hydrogen-bond acceptors (Lipinski definition) is 11. The van der Waals surface area contributed by atoms with Crippen LogP contribution >= 0.6 is 34.8 Å². The number of sulfone groups is 1. The molecule has 1 aromatic heterocycles. The summed E-state index contributed by atoms with van der Waals surface area (Å²) >= 11 is 17.9. The van der Waals surface area contributed by atoms with Crippen molar-refractivity contribution in [2.45, 2.75) is 95.7 Å². The van der Waals surface area contributed by atoms with E-state index in [1.165, 1.54) is 17.2 Å². The van der Waals surface area contributed by atoms with Gasteiger partial charge in [0.1, 0.15) is 10.9 Å². The third-order valence-electron chi connectivity index (χ3n) is 11.3. The van der Waals surface area contributed by atoms with Crippen LogP contribution in [0.25, 0.3) is 6.08 Å². The molecule has 3 aliphatic rings. The first kappa shape index (κ1) is 54.6. The molecule has 0 spiro atoms. The monoisotopic (exact) mass is 1040 g/mol. The second-order valence-corrected chi connectivity index (χ2v) is 19.4. The van der Waals surface area contributed by atoms with Gasteiger partial charge in [0.25, 0.3) is 11.8 Å². The van der Waals surface area contributed by atoms with E-state index in [-0.39, 0.29) is 58.3 Å². The molecule has 1 unspecified atom stereocenters. The van der Waals surface area contributed by atoms with Crippen LogP contribution in [0.2, 0.25) is 5.02 Å². The molecule has 1 fully saturated rings. The number of carbonyl (C=O) groups excluding carboxylic acids is 5. The van der Waals surface area contributed by atoms with Gasteiger partial charge in [-0.25, -0.2) is 18.1 Å². The number of rotatable bonds is 14. The van der Waals surface area contributed by atoms with Crippen molar-refractivity contribution < 1.29 is 59.6 Å². The number of methoxy groups -OCH3 is 1. The molecule has 0 saturated heterocycles. The van der Waals surface area contributed by atoms with E-state index in [1.807, 2.05) is 26.0 Å². The van der Waals surface area contributed by atoms with E-state index in [2.05, 4.69) is 18.1 Å². The van der Waals surface area contributed by atoms with Crippen molar-refractivity contribution in [3.63, 3.8) is 0 Å². The molecule has 2 aliphatic carbocycles. The maximum absolute atomic E-state index is 12.8. The molecule has 3 aromatic carbocycles. The quantitative estimate of drug-likeness (QED) is 0.0387. The van der Waals surface area contributed by atoms with Crippen LogP contribution in [0.15, 0.2) is 86.4 Å². The lowest BCUT2D eigenvalue weighted by Crippen LogP contribution is -2.43. The molecule has 1 aliphatic heterocycles. The van der Waals surface area contributed by atoms with Crippen molar-refractivity contribution in [1.82, 2.24) is 5.16 Å². The molecule has 2 heterocycles. The van der Waals surface area contributed by atoms with E-state index in [1.54, 1.807) is 37.1 Å². The number of alkyl halides is 4. The SMILES string of the molecule is CCOC(=O)/C(Cl)=C/c1cc(N2C(=O)C3=C(CCCC3)C2=O)ccc1Cl.CCc1cccc(C)c1N(C(=O)CCl)C(C)COC.CS(=O)(=O)c1cc(C(F)(F)F)ccc1C(=O)c1cnoc1C1CC1. The highest BCUT2D eigenvalue weighted by Gasteiger charge is 2.40. The van der Waals surface area contributed by atoms with Crippen molar-refractivity contribution in [3.05, 3.63) is 121 Å². The molecule has 370 valence electrons. The zero-order valence-corrected chi connectivity index (χ0v) is 41.8. The van der Waals surface area contributed by atoms with E-state index < -0.39 is 38.2 Å². The Morgan fingerprint density at radius 3 is 2.20 bits per heavy atom. The fraction of sp³-hybridized carbons (Fsp3) is 0.388. The lowest BCUT2D eigenvalue weighted by Gasteiger charge is -2.31. The molecule has 7 rings (SSSR count). The minimum absolute atomic E-state index is 0.0223. The summed E-state index contributed by atoms with van der Waals surface area (Å²) in [6, 6.07) is 12.8. The number of halogens is 6. The van der Waals surface area contributed by atoms with Gasteiger partial charge in [-0.05, 0) is 125 Å². The van der Waals surface area contributed by atoms with Crippen molar-refractivity contribution in [3.8, 4) is 0 Å². The largest absolute Gasteiger partial charge is 0.462 e. The number of aryl methyl sites for hydroxylation is 2. The van der Waals surface area contributed by atoms with E-state index in [9.17, 15) is 45.6 Å². The molecule has 4 aromatic rings. The third kappa shape index (κ3) is 13.1. The smallest absolute Gasteiger partial charge is 0.416 e. The molecule has 1 atom stereocenters. The van der Waals surface area contributed by atoms with Gasteiger partial charge in [0.05, 0.1) is 52.8 Å².